The molecule has 0 fully saturated rings. The summed E-state index contributed by atoms with van der Waals surface area (Å²) in [6.45, 7) is 0. The Hall–Kier alpha value is -0.510. The molecule has 0 saturated heterocycles. The molecule has 0 aliphatic rings. The zero-order valence-corrected chi connectivity index (χ0v) is 9.00. The highest BCUT2D eigenvalue weighted by Gasteiger charge is 2.11. The number of anilines is 1. The first kappa shape index (κ1) is 11.6. The van der Waals surface area contributed by atoms with Gasteiger partial charge in [-0.2, -0.15) is 0 Å². The zero-order chi connectivity index (χ0) is 10.7. The van der Waals surface area contributed by atoms with Crippen LogP contribution in [0.5, 0.6) is 0 Å². The van der Waals surface area contributed by atoms with Gasteiger partial charge in [-0.05, 0) is 18.2 Å². The first-order chi connectivity index (χ1) is 6.50. The second kappa shape index (κ2) is 4.82. The summed E-state index contributed by atoms with van der Waals surface area (Å²) in [5, 5.41) is 2.28. The number of hydrogen-bond donors (Lipinski definition) is 1. The van der Waals surface area contributed by atoms with Crippen LogP contribution in [0.25, 0.3) is 0 Å². The van der Waals surface area contributed by atoms with E-state index in [9.17, 15) is 9.18 Å². The summed E-state index contributed by atoms with van der Waals surface area (Å²) >= 11 is 16.1. The Morgan fingerprint density at radius 3 is 2.57 bits per heavy atom. The molecule has 0 bridgehead atoms. The van der Waals surface area contributed by atoms with Crippen LogP contribution in [-0.4, -0.2) is 10.7 Å². The van der Waals surface area contributed by atoms with Gasteiger partial charge in [0.1, 0.15) is 5.82 Å². The van der Waals surface area contributed by atoms with Crippen molar-refractivity contribution in [2.24, 2.45) is 0 Å². The lowest BCUT2D eigenvalue weighted by Crippen LogP contribution is -2.18. The third-order valence-corrected chi connectivity index (χ3v) is 2.07. The molecule has 1 aromatic carbocycles. The van der Waals surface area contributed by atoms with Crippen molar-refractivity contribution in [3.05, 3.63) is 29.0 Å². The first-order valence-electron chi connectivity index (χ1n) is 3.55. The van der Waals surface area contributed by atoms with Crippen molar-refractivity contribution in [3.63, 3.8) is 0 Å². The second-order valence-electron chi connectivity index (χ2n) is 2.42. The van der Waals surface area contributed by atoms with Gasteiger partial charge >= 0.3 is 0 Å². The number of amides is 1. The molecule has 0 spiro atoms. The van der Waals surface area contributed by atoms with E-state index in [1.54, 1.807) is 0 Å². The van der Waals surface area contributed by atoms with Crippen LogP contribution in [0.15, 0.2) is 18.2 Å². The topological polar surface area (TPSA) is 29.1 Å². The van der Waals surface area contributed by atoms with E-state index in [1.165, 1.54) is 12.1 Å². The predicted octanol–water partition coefficient (Wildman–Crippen LogP) is 3.22. The van der Waals surface area contributed by atoms with Crippen LogP contribution in [0, 0.1) is 5.82 Å². The molecule has 0 aromatic heterocycles. The molecule has 0 atom stereocenters. The third-order valence-electron chi connectivity index (χ3n) is 1.39. The van der Waals surface area contributed by atoms with Crippen molar-refractivity contribution in [1.29, 1.82) is 0 Å². The van der Waals surface area contributed by atoms with Crippen molar-refractivity contribution in [1.82, 2.24) is 0 Å². The lowest BCUT2D eigenvalue weighted by Gasteiger charge is -2.05. The standard InChI is InChI=1S/C8H5Cl3FNO/c9-5-3-4(1-2-6(5)12)13-8(14)7(10)11/h1-3,7H,(H,13,14). The quantitative estimate of drug-likeness (QED) is 0.809. The highest BCUT2D eigenvalue weighted by atomic mass is 35.5. The monoisotopic (exact) mass is 255 g/mol. The van der Waals surface area contributed by atoms with Gasteiger partial charge in [-0.15, -0.1) is 0 Å². The Morgan fingerprint density at radius 1 is 1.43 bits per heavy atom. The number of alkyl halides is 2. The number of hydrogen-bond acceptors (Lipinski definition) is 1. The summed E-state index contributed by atoms with van der Waals surface area (Å²) < 4.78 is 12.7. The number of halogens is 4. The molecule has 0 heterocycles. The molecule has 76 valence electrons. The van der Waals surface area contributed by atoms with Crippen molar-refractivity contribution in [3.8, 4) is 0 Å². The average molecular weight is 256 g/mol. The molecular weight excluding hydrogens is 251 g/mol. The predicted molar refractivity (Wildman–Crippen MR) is 55.5 cm³/mol. The molecule has 1 aromatic rings. The van der Waals surface area contributed by atoms with E-state index in [1.807, 2.05) is 0 Å². The van der Waals surface area contributed by atoms with E-state index in [-0.39, 0.29) is 5.02 Å². The van der Waals surface area contributed by atoms with Crippen molar-refractivity contribution >= 4 is 46.4 Å². The molecule has 1 amide bonds. The normalized spacial score (nSPS) is 10.4. The van der Waals surface area contributed by atoms with Crippen molar-refractivity contribution < 1.29 is 9.18 Å². The Kier molecular flexibility index (Phi) is 3.98. The van der Waals surface area contributed by atoms with Gasteiger partial charge in [0.2, 0.25) is 0 Å². The van der Waals surface area contributed by atoms with Gasteiger partial charge in [-0.1, -0.05) is 34.8 Å². The molecule has 2 nitrogen and oxygen atoms in total. The van der Waals surface area contributed by atoms with Crippen LogP contribution in [0.4, 0.5) is 10.1 Å². The highest BCUT2D eigenvalue weighted by Crippen LogP contribution is 2.19. The van der Waals surface area contributed by atoms with Gasteiger partial charge < -0.3 is 5.32 Å². The molecular formula is C8H5Cl3FNO. The largest absolute Gasteiger partial charge is 0.324 e. The molecule has 0 saturated carbocycles. The molecule has 0 radical (unpaired) electrons. The SMILES string of the molecule is O=C(Nc1ccc(F)c(Cl)c1)C(Cl)Cl. The maximum atomic E-state index is 12.7. The summed E-state index contributed by atoms with van der Waals surface area (Å²) in [5.74, 6) is -1.14. The Balaban J connectivity index is 2.78. The fraction of sp³-hybridized carbons (Fsp3) is 0.125. The minimum absolute atomic E-state index is 0.0801. The number of nitrogens with one attached hydrogen (secondary N) is 1. The summed E-state index contributed by atoms with van der Waals surface area (Å²) in [6.07, 6.45) is 0. The van der Waals surface area contributed by atoms with Crippen LogP contribution in [0.1, 0.15) is 0 Å². The molecule has 0 aliphatic carbocycles. The lowest BCUT2D eigenvalue weighted by atomic mass is 10.3. The maximum absolute atomic E-state index is 12.7. The van der Waals surface area contributed by atoms with E-state index >= 15 is 0 Å². The van der Waals surface area contributed by atoms with E-state index in [4.69, 9.17) is 34.8 Å². The lowest BCUT2D eigenvalue weighted by molar-refractivity contribution is -0.114. The van der Waals surface area contributed by atoms with Gasteiger partial charge in [0.05, 0.1) is 5.02 Å². The van der Waals surface area contributed by atoms with E-state index in [0.717, 1.165) is 6.07 Å². The van der Waals surface area contributed by atoms with Gasteiger partial charge in [-0.3, -0.25) is 4.79 Å². The molecule has 1 rings (SSSR count). The van der Waals surface area contributed by atoms with Gasteiger partial charge in [0, 0.05) is 5.69 Å². The molecule has 0 aliphatic heterocycles. The highest BCUT2D eigenvalue weighted by molar-refractivity contribution is 6.54. The molecule has 0 unspecified atom stereocenters. The van der Waals surface area contributed by atoms with Crippen LogP contribution >= 0.6 is 34.8 Å². The smallest absolute Gasteiger partial charge is 0.257 e. The van der Waals surface area contributed by atoms with Gasteiger partial charge in [0.25, 0.3) is 5.91 Å². The molecule has 1 N–H and O–H groups in total. The van der Waals surface area contributed by atoms with E-state index < -0.39 is 16.6 Å². The van der Waals surface area contributed by atoms with Crippen molar-refractivity contribution in [2.75, 3.05) is 5.32 Å². The van der Waals surface area contributed by atoms with Crippen LogP contribution in [0.3, 0.4) is 0 Å². The number of benzene rings is 1. The second-order valence-corrected chi connectivity index (χ2v) is 3.92. The summed E-state index contributed by atoms with van der Waals surface area (Å²) in [7, 11) is 0. The van der Waals surface area contributed by atoms with Crippen LogP contribution < -0.4 is 5.32 Å². The fourth-order valence-corrected chi connectivity index (χ4v) is 1.06. The number of carbonyl (C=O) groups excluding carboxylic acids is 1. The van der Waals surface area contributed by atoms with Crippen molar-refractivity contribution in [2.45, 2.75) is 4.84 Å². The van der Waals surface area contributed by atoms with Gasteiger partial charge in [-0.25, -0.2) is 4.39 Å². The number of carbonyl (C=O) groups is 1. The fourth-order valence-electron chi connectivity index (χ4n) is 0.771. The minimum atomic E-state index is -1.17. The van der Waals surface area contributed by atoms with Crippen LogP contribution in [0.2, 0.25) is 5.02 Å². The molecule has 14 heavy (non-hydrogen) atoms. The summed E-state index contributed by atoms with van der Waals surface area (Å²) in [5.41, 5.74) is 0.340. The van der Waals surface area contributed by atoms with Gasteiger partial charge in [0.15, 0.2) is 4.84 Å². The Morgan fingerprint density at radius 2 is 2.07 bits per heavy atom. The zero-order valence-electron chi connectivity index (χ0n) is 6.73. The Bertz CT molecular complexity index is 356. The Labute approximate surface area is 94.9 Å². The van der Waals surface area contributed by atoms with E-state index in [0.29, 0.717) is 5.69 Å². The first-order valence-corrected chi connectivity index (χ1v) is 4.80. The maximum Gasteiger partial charge on any atom is 0.257 e. The minimum Gasteiger partial charge on any atom is -0.324 e. The van der Waals surface area contributed by atoms with Crippen LogP contribution in [-0.2, 0) is 4.79 Å². The molecule has 6 heteroatoms. The summed E-state index contributed by atoms with van der Waals surface area (Å²) in [6, 6.07) is 3.76. The van der Waals surface area contributed by atoms with E-state index in [2.05, 4.69) is 5.32 Å². The summed E-state index contributed by atoms with van der Waals surface area (Å²) in [4.78, 5) is 9.83. The number of rotatable bonds is 2. The average Bonchev–Trinajstić information content (AvgIpc) is 2.11. The third kappa shape index (κ3) is 3.01.